The van der Waals surface area contributed by atoms with Crippen LogP contribution in [0.2, 0.25) is 0 Å². The van der Waals surface area contributed by atoms with Crippen LogP contribution in [0.15, 0.2) is 53.0 Å². The molecule has 0 spiro atoms. The van der Waals surface area contributed by atoms with Crippen molar-refractivity contribution in [3.8, 4) is 5.75 Å². The van der Waals surface area contributed by atoms with Crippen LogP contribution in [-0.2, 0) is 29.1 Å². The van der Waals surface area contributed by atoms with Crippen LogP contribution in [-0.4, -0.2) is 58.7 Å². The summed E-state index contributed by atoms with van der Waals surface area (Å²) in [6, 6.07) is 11.9. The number of Topliss-reactive ketones (excluding diaryl/α,β-unsaturated/α-hetero) is 1. The number of rotatable bonds is 9. The van der Waals surface area contributed by atoms with Crippen molar-refractivity contribution in [3.05, 3.63) is 75.4 Å². The van der Waals surface area contributed by atoms with Gasteiger partial charge in [-0.2, -0.15) is 0 Å². The van der Waals surface area contributed by atoms with Gasteiger partial charge in [0.05, 0.1) is 19.2 Å². The summed E-state index contributed by atoms with van der Waals surface area (Å²) in [5.74, 6) is 1.11. The average molecular weight is 607 g/mol. The molecule has 1 fully saturated rings. The van der Waals surface area contributed by atoms with Crippen molar-refractivity contribution in [1.29, 1.82) is 0 Å². The highest BCUT2D eigenvalue weighted by Gasteiger charge is 2.33. The predicted molar refractivity (Wildman–Crippen MR) is 160 cm³/mol. The number of halogens is 1. The van der Waals surface area contributed by atoms with E-state index in [2.05, 4.69) is 28.6 Å². The molecule has 0 unspecified atom stereocenters. The lowest BCUT2D eigenvalue weighted by atomic mass is 9.93. The second-order valence-electron chi connectivity index (χ2n) is 11.0. The summed E-state index contributed by atoms with van der Waals surface area (Å²) in [7, 11) is 1.68. The molecule has 2 aromatic carbocycles. The SMILES string of the molecule is C=C(CCC)C(=O)N1CC(CC(=O)Cn2c(C)c(C(=O)N3CCc4c(cccc4OC)C3)c3cc(Br)ccc32)C1. The van der Waals surface area contributed by atoms with Crippen molar-refractivity contribution in [2.45, 2.75) is 52.6 Å². The smallest absolute Gasteiger partial charge is 0.256 e. The first-order valence-corrected chi connectivity index (χ1v) is 14.7. The fourth-order valence-corrected chi connectivity index (χ4v) is 6.45. The summed E-state index contributed by atoms with van der Waals surface area (Å²) in [6.45, 7) is 10.4. The van der Waals surface area contributed by atoms with Crippen LogP contribution in [0.1, 0.15) is 53.4 Å². The van der Waals surface area contributed by atoms with Crippen LogP contribution in [0.5, 0.6) is 5.75 Å². The minimum Gasteiger partial charge on any atom is -0.496 e. The number of aromatic nitrogens is 1. The lowest BCUT2D eigenvalue weighted by Crippen LogP contribution is -2.51. The molecule has 1 aromatic heterocycles. The number of methoxy groups -OCH3 is 1. The van der Waals surface area contributed by atoms with Crippen LogP contribution >= 0.6 is 15.9 Å². The van der Waals surface area contributed by atoms with Crippen LogP contribution in [0, 0.1) is 12.8 Å². The van der Waals surface area contributed by atoms with Gasteiger partial charge in [0.25, 0.3) is 5.91 Å². The predicted octanol–water partition coefficient (Wildman–Crippen LogP) is 5.69. The van der Waals surface area contributed by atoms with Crippen LogP contribution in [0.25, 0.3) is 10.9 Å². The third-order valence-corrected chi connectivity index (χ3v) is 8.67. The van der Waals surface area contributed by atoms with Crippen molar-refractivity contribution in [1.82, 2.24) is 14.4 Å². The summed E-state index contributed by atoms with van der Waals surface area (Å²) >= 11 is 3.57. The highest BCUT2D eigenvalue weighted by atomic mass is 79.9. The Morgan fingerprint density at radius 1 is 1.12 bits per heavy atom. The van der Waals surface area contributed by atoms with E-state index in [4.69, 9.17) is 4.74 Å². The van der Waals surface area contributed by atoms with E-state index in [9.17, 15) is 14.4 Å². The minimum absolute atomic E-state index is 0.00492. The van der Waals surface area contributed by atoms with E-state index < -0.39 is 0 Å². The number of likely N-dealkylation sites (tertiary alicyclic amines) is 1. The molecule has 0 atom stereocenters. The molecule has 0 bridgehead atoms. The number of amides is 2. The Kier molecular flexibility index (Phi) is 8.17. The van der Waals surface area contributed by atoms with E-state index in [-0.39, 0.29) is 30.1 Å². The zero-order chi connectivity index (χ0) is 28.6. The number of benzene rings is 2. The fraction of sp³-hybridized carbons (Fsp3) is 0.406. The molecule has 3 heterocycles. The molecular weight excluding hydrogens is 570 g/mol. The first-order chi connectivity index (χ1) is 19.2. The zero-order valence-electron chi connectivity index (χ0n) is 23.5. The van der Waals surface area contributed by atoms with E-state index >= 15 is 0 Å². The van der Waals surface area contributed by atoms with Crippen molar-refractivity contribution in [2.24, 2.45) is 5.92 Å². The number of carbonyl (C=O) groups is 3. The van der Waals surface area contributed by atoms with Crippen molar-refractivity contribution >= 4 is 44.4 Å². The summed E-state index contributed by atoms with van der Waals surface area (Å²) in [5.41, 5.74) is 5.21. The molecule has 1 saturated heterocycles. The number of hydrogen-bond acceptors (Lipinski definition) is 4. The van der Waals surface area contributed by atoms with Crippen molar-refractivity contribution < 1.29 is 19.1 Å². The third-order valence-electron chi connectivity index (χ3n) is 8.18. The topological polar surface area (TPSA) is 71.9 Å². The molecule has 210 valence electrons. The molecule has 2 aliphatic rings. The third kappa shape index (κ3) is 5.33. The summed E-state index contributed by atoms with van der Waals surface area (Å²) in [4.78, 5) is 43.3. The van der Waals surface area contributed by atoms with Gasteiger partial charge in [-0.1, -0.05) is 48.0 Å². The lowest BCUT2D eigenvalue weighted by Gasteiger charge is -2.39. The summed E-state index contributed by atoms with van der Waals surface area (Å²) < 4.78 is 8.39. The van der Waals surface area contributed by atoms with E-state index in [0.717, 1.165) is 50.8 Å². The second kappa shape index (κ2) is 11.6. The minimum atomic E-state index is -0.0271. The van der Waals surface area contributed by atoms with Gasteiger partial charge in [0.1, 0.15) is 5.75 Å². The Hall–Kier alpha value is -3.39. The highest BCUT2D eigenvalue weighted by molar-refractivity contribution is 9.10. The molecule has 5 rings (SSSR count). The van der Waals surface area contributed by atoms with Gasteiger partial charge in [0, 0.05) is 70.7 Å². The molecular formula is C32H36BrN3O4. The summed E-state index contributed by atoms with van der Waals surface area (Å²) in [5, 5.41) is 0.843. The Morgan fingerprint density at radius 2 is 1.90 bits per heavy atom. The van der Waals surface area contributed by atoms with E-state index in [1.165, 1.54) is 0 Å². The Bertz CT molecular complexity index is 1500. The highest BCUT2D eigenvalue weighted by Crippen LogP contribution is 2.33. The van der Waals surface area contributed by atoms with E-state index in [0.29, 0.717) is 50.2 Å². The Morgan fingerprint density at radius 3 is 2.62 bits per heavy atom. The first kappa shape index (κ1) is 28.1. The summed E-state index contributed by atoms with van der Waals surface area (Å²) in [6.07, 6.45) is 2.74. The van der Waals surface area contributed by atoms with Gasteiger partial charge < -0.3 is 19.1 Å². The lowest BCUT2D eigenvalue weighted by molar-refractivity contribution is -0.135. The zero-order valence-corrected chi connectivity index (χ0v) is 25.1. The van der Waals surface area contributed by atoms with Gasteiger partial charge in [-0.3, -0.25) is 14.4 Å². The molecule has 40 heavy (non-hydrogen) atoms. The number of nitrogens with zero attached hydrogens (tertiary/aromatic N) is 3. The van der Waals surface area contributed by atoms with Crippen LogP contribution in [0.3, 0.4) is 0 Å². The molecule has 0 radical (unpaired) electrons. The van der Waals surface area contributed by atoms with Crippen molar-refractivity contribution in [3.63, 3.8) is 0 Å². The first-order valence-electron chi connectivity index (χ1n) is 13.9. The maximum absolute atomic E-state index is 14.0. The Labute approximate surface area is 243 Å². The second-order valence-corrected chi connectivity index (χ2v) is 11.9. The Balaban J connectivity index is 1.33. The van der Waals surface area contributed by atoms with Crippen molar-refractivity contribution in [2.75, 3.05) is 26.7 Å². The van der Waals surface area contributed by atoms with Crippen LogP contribution < -0.4 is 4.74 Å². The van der Waals surface area contributed by atoms with Gasteiger partial charge in [-0.05, 0) is 49.6 Å². The van der Waals surface area contributed by atoms with E-state index in [1.54, 1.807) is 12.0 Å². The van der Waals surface area contributed by atoms with E-state index in [1.807, 2.05) is 53.6 Å². The largest absolute Gasteiger partial charge is 0.496 e. The van der Waals surface area contributed by atoms with Gasteiger partial charge in [-0.25, -0.2) is 0 Å². The molecule has 0 aliphatic carbocycles. The number of fused-ring (bicyclic) bond motifs is 2. The quantitative estimate of drug-likeness (QED) is 0.294. The average Bonchev–Trinajstić information content (AvgIpc) is 3.18. The van der Waals surface area contributed by atoms with Gasteiger partial charge in [-0.15, -0.1) is 0 Å². The number of ether oxygens (including phenoxy) is 1. The normalized spacial score (nSPS) is 15.1. The molecule has 2 aliphatic heterocycles. The molecule has 7 nitrogen and oxygen atoms in total. The van der Waals surface area contributed by atoms with Gasteiger partial charge >= 0.3 is 0 Å². The van der Waals surface area contributed by atoms with Gasteiger partial charge in [0.15, 0.2) is 5.78 Å². The molecule has 0 saturated carbocycles. The fourth-order valence-electron chi connectivity index (χ4n) is 6.09. The number of ketones is 1. The number of hydrogen-bond donors (Lipinski definition) is 0. The molecule has 2 amide bonds. The van der Waals surface area contributed by atoms with Gasteiger partial charge in [0.2, 0.25) is 5.91 Å². The maximum atomic E-state index is 14.0. The molecule has 8 heteroatoms. The monoisotopic (exact) mass is 605 g/mol. The number of carbonyl (C=O) groups excluding carboxylic acids is 3. The molecule has 0 N–H and O–H groups in total. The maximum Gasteiger partial charge on any atom is 0.256 e. The standard InChI is InChI=1S/C32H36BrN3O4/c1-5-7-20(2)31(38)35-16-22(17-35)14-25(37)19-36-21(3)30(27-15-24(33)10-11-28(27)36)32(39)34-13-12-26-23(18-34)8-6-9-29(26)40-4/h6,8-11,15,22H,2,5,7,12-14,16-19H2,1,3-4H3. The molecule has 3 aromatic rings. The van der Waals surface area contributed by atoms with Crippen LogP contribution in [0.4, 0.5) is 0 Å².